The second-order valence-electron chi connectivity index (χ2n) is 7.69. The number of nitrogens with zero attached hydrogens (tertiary/aromatic N) is 2. The van der Waals surface area contributed by atoms with Gasteiger partial charge in [-0.25, -0.2) is 9.69 Å². The number of likely N-dealkylation sites (tertiary alicyclic amines) is 1. The molecule has 1 aromatic carbocycles. The van der Waals surface area contributed by atoms with E-state index in [9.17, 15) is 14.4 Å². The lowest BCUT2D eigenvalue weighted by atomic mass is 10.0. The first kappa shape index (κ1) is 20.1. The van der Waals surface area contributed by atoms with Gasteiger partial charge < -0.3 is 14.4 Å². The van der Waals surface area contributed by atoms with Gasteiger partial charge in [-0.1, -0.05) is 13.8 Å². The first-order chi connectivity index (χ1) is 13.4. The van der Waals surface area contributed by atoms with Gasteiger partial charge in [-0.2, -0.15) is 0 Å². The van der Waals surface area contributed by atoms with Crippen LogP contribution in [-0.4, -0.2) is 61.6 Å². The molecule has 3 rings (SSSR count). The summed E-state index contributed by atoms with van der Waals surface area (Å²) < 4.78 is 10.9. The van der Waals surface area contributed by atoms with E-state index in [0.717, 1.165) is 51.1 Å². The fourth-order valence-electron chi connectivity index (χ4n) is 4.01. The van der Waals surface area contributed by atoms with E-state index >= 15 is 0 Å². The largest absolute Gasteiger partial charge is 0.497 e. The second-order valence-corrected chi connectivity index (χ2v) is 7.69. The highest BCUT2D eigenvalue weighted by molar-refractivity contribution is 6.44. The molecule has 0 spiro atoms. The SMILES string of the molecule is COc1ccc(OC)c([C@@H]2CCC[NH+]2CN2C(=O)C(=O)N(CC(C)C)C2=O)c1. The Morgan fingerprint density at radius 3 is 2.46 bits per heavy atom. The molecule has 1 aromatic rings. The van der Waals surface area contributed by atoms with Crippen LogP contribution in [0.2, 0.25) is 0 Å². The number of quaternary nitrogens is 1. The van der Waals surface area contributed by atoms with Crippen LogP contribution in [0, 0.1) is 5.92 Å². The summed E-state index contributed by atoms with van der Waals surface area (Å²) in [5.41, 5.74) is 0.985. The number of amides is 4. The molecule has 4 amide bonds. The van der Waals surface area contributed by atoms with E-state index in [4.69, 9.17) is 9.47 Å². The maximum atomic E-state index is 12.7. The number of hydrogen-bond donors (Lipinski definition) is 1. The van der Waals surface area contributed by atoms with E-state index in [1.165, 1.54) is 0 Å². The summed E-state index contributed by atoms with van der Waals surface area (Å²) in [5, 5.41) is 0. The predicted octanol–water partition coefficient (Wildman–Crippen LogP) is 0.828. The van der Waals surface area contributed by atoms with Gasteiger partial charge in [0.15, 0.2) is 6.67 Å². The summed E-state index contributed by atoms with van der Waals surface area (Å²) >= 11 is 0. The van der Waals surface area contributed by atoms with Gasteiger partial charge in [0.1, 0.15) is 17.5 Å². The van der Waals surface area contributed by atoms with E-state index in [1.54, 1.807) is 14.2 Å². The fourth-order valence-corrected chi connectivity index (χ4v) is 4.01. The van der Waals surface area contributed by atoms with Gasteiger partial charge in [0.05, 0.1) is 26.3 Å². The molecule has 2 saturated heterocycles. The number of imide groups is 2. The Balaban J connectivity index is 1.82. The number of benzene rings is 1. The molecule has 152 valence electrons. The number of rotatable bonds is 7. The monoisotopic (exact) mass is 390 g/mol. The van der Waals surface area contributed by atoms with Crippen molar-refractivity contribution >= 4 is 17.8 Å². The maximum absolute atomic E-state index is 12.7. The van der Waals surface area contributed by atoms with Crippen molar-refractivity contribution in [1.82, 2.24) is 9.80 Å². The van der Waals surface area contributed by atoms with Crippen LogP contribution in [0.3, 0.4) is 0 Å². The molecule has 1 unspecified atom stereocenters. The number of urea groups is 1. The molecule has 2 fully saturated rings. The van der Waals surface area contributed by atoms with E-state index in [-0.39, 0.29) is 25.2 Å². The molecule has 8 heteroatoms. The summed E-state index contributed by atoms with van der Waals surface area (Å²) in [7, 11) is 3.23. The lowest BCUT2D eigenvalue weighted by molar-refractivity contribution is -0.925. The average molecular weight is 390 g/mol. The molecule has 2 aliphatic rings. The molecular weight excluding hydrogens is 362 g/mol. The number of nitrogens with one attached hydrogen (secondary N) is 1. The standard InChI is InChI=1S/C20H27N3O5/c1-13(2)11-22-18(24)19(25)23(20(22)26)12-21-9-5-6-16(21)15-10-14(27-3)7-8-17(15)28-4/h7-8,10,13,16H,5-6,9,11-12H2,1-4H3/p+1/t16-/m0/s1. The Morgan fingerprint density at radius 1 is 1.11 bits per heavy atom. The fraction of sp³-hybridized carbons (Fsp3) is 0.550. The number of carbonyl (C=O) groups is 3. The zero-order valence-electron chi connectivity index (χ0n) is 16.9. The van der Waals surface area contributed by atoms with Crippen LogP contribution < -0.4 is 14.4 Å². The Labute approximate surface area is 165 Å². The second kappa shape index (κ2) is 8.18. The third-order valence-corrected chi connectivity index (χ3v) is 5.34. The molecule has 0 aromatic heterocycles. The van der Waals surface area contributed by atoms with E-state index < -0.39 is 17.8 Å². The minimum Gasteiger partial charge on any atom is -0.497 e. The molecule has 2 atom stereocenters. The predicted molar refractivity (Wildman–Crippen MR) is 101 cm³/mol. The molecule has 8 nitrogen and oxygen atoms in total. The van der Waals surface area contributed by atoms with Gasteiger partial charge in [0, 0.05) is 19.4 Å². The normalized spacial score (nSPS) is 22.5. The smallest absolute Gasteiger partial charge is 0.338 e. The van der Waals surface area contributed by atoms with Crippen molar-refractivity contribution in [3.05, 3.63) is 23.8 Å². The highest BCUT2D eigenvalue weighted by Crippen LogP contribution is 2.31. The van der Waals surface area contributed by atoms with Crippen LogP contribution in [0.4, 0.5) is 4.79 Å². The molecule has 0 saturated carbocycles. The molecule has 0 bridgehead atoms. The Kier molecular flexibility index (Phi) is 5.88. The zero-order chi connectivity index (χ0) is 20.4. The first-order valence-electron chi connectivity index (χ1n) is 9.61. The molecule has 1 N–H and O–H groups in total. The topological polar surface area (TPSA) is 80.6 Å². The molecule has 0 radical (unpaired) electrons. The van der Waals surface area contributed by atoms with Crippen LogP contribution in [0.5, 0.6) is 11.5 Å². The maximum Gasteiger partial charge on any atom is 0.338 e. The van der Waals surface area contributed by atoms with Crippen molar-refractivity contribution in [2.24, 2.45) is 5.92 Å². The molecular formula is C20H28N3O5+. The van der Waals surface area contributed by atoms with Gasteiger partial charge in [-0.3, -0.25) is 14.5 Å². The van der Waals surface area contributed by atoms with Gasteiger partial charge in [0.2, 0.25) is 0 Å². The van der Waals surface area contributed by atoms with Gasteiger partial charge in [-0.15, -0.1) is 0 Å². The van der Waals surface area contributed by atoms with Crippen molar-refractivity contribution in [3.8, 4) is 11.5 Å². The quantitative estimate of drug-likeness (QED) is 0.551. The highest BCUT2D eigenvalue weighted by atomic mass is 16.5. The van der Waals surface area contributed by atoms with Crippen molar-refractivity contribution in [1.29, 1.82) is 0 Å². The van der Waals surface area contributed by atoms with E-state index in [2.05, 4.69) is 0 Å². The molecule has 0 aliphatic carbocycles. The van der Waals surface area contributed by atoms with Crippen LogP contribution in [0.25, 0.3) is 0 Å². The Hall–Kier alpha value is -2.61. The van der Waals surface area contributed by atoms with Crippen molar-refractivity contribution in [3.63, 3.8) is 0 Å². The van der Waals surface area contributed by atoms with Crippen molar-refractivity contribution in [2.75, 3.05) is 34.0 Å². The molecule has 2 heterocycles. The van der Waals surface area contributed by atoms with Crippen LogP contribution >= 0.6 is 0 Å². The average Bonchev–Trinajstić information content (AvgIpc) is 3.22. The molecule has 28 heavy (non-hydrogen) atoms. The summed E-state index contributed by atoms with van der Waals surface area (Å²) in [6.07, 6.45) is 1.86. The Morgan fingerprint density at radius 2 is 1.82 bits per heavy atom. The van der Waals surface area contributed by atoms with Gasteiger partial charge in [0.25, 0.3) is 0 Å². The summed E-state index contributed by atoms with van der Waals surface area (Å²) in [5.74, 6) is 0.123. The summed E-state index contributed by atoms with van der Waals surface area (Å²) in [4.78, 5) is 40.5. The van der Waals surface area contributed by atoms with Crippen LogP contribution in [0.1, 0.15) is 38.3 Å². The minimum atomic E-state index is -0.735. The molecule has 2 aliphatic heterocycles. The third kappa shape index (κ3) is 3.69. The van der Waals surface area contributed by atoms with E-state index in [0.29, 0.717) is 0 Å². The highest BCUT2D eigenvalue weighted by Gasteiger charge is 2.47. The summed E-state index contributed by atoms with van der Waals surface area (Å²) in [6, 6.07) is 5.19. The lowest BCUT2D eigenvalue weighted by Gasteiger charge is -2.26. The number of methoxy groups -OCH3 is 2. The van der Waals surface area contributed by atoms with Crippen LogP contribution in [-0.2, 0) is 9.59 Å². The van der Waals surface area contributed by atoms with Gasteiger partial charge >= 0.3 is 17.8 Å². The number of carbonyl (C=O) groups excluding carboxylic acids is 3. The Bertz CT molecular complexity index is 779. The number of ether oxygens (including phenoxy) is 2. The van der Waals surface area contributed by atoms with Crippen LogP contribution in [0.15, 0.2) is 18.2 Å². The van der Waals surface area contributed by atoms with E-state index in [1.807, 2.05) is 32.0 Å². The zero-order valence-corrected chi connectivity index (χ0v) is 16.9. The minimum absolute atomic E-state index is 0.0555. The van der Waals surface area contributed by atoms with Crippen molar-refractivity contribution in [2.45, 2.75) is 32.7 Å². The number of hydrogen-bond acceptors (Lipinski definition) is 5. The summed E-state index contributed by atoms with van der Waals surface area (Å²) in [6.45, 7) is 5.04. The third-order valence-electron chi connectivity index (χ3n) is 5.34. The van der Waals surface area contributed by atoms with Gasteiger partial charge in [-0.05, 0) is 24.1 Å². The van der Waals surface area contributed by atoms with Crippen molar-refractivity contribution < 1.29 is 28.8 Å². The first-order valence-corrected chi connectivity index (χ1v) is 9.61. The lowest BCUT2D eigenvalue weighted by Crippen LogP contribution is -3.12.